The number of benzene rings is 1. The molecule has 4 heteroatoms. The Balaban J connectivity index is 2.24. The van der Waals surface area contributed by atoms with Crippen molar-refractivity contribution in [2.75, 3.05) is 0 Å². The molecule has 1 aromatic carbocycles. The summed E-state index contributed by atoms with van der Waals surface area (Å²) in [5.41, 5.74) is 2.14. The molecule has 0 spiro atoms. The van der Waals surface area contributed by atoms with E-state index in [2.05, 4.69) is 10.1 Å². The van der Waals surface area contributed by atoms with Crippen molar-refractivity contribution in [3.63, 3.8) is 0 Å². The molecule has 1 heterocycles. The van der Waals surface area contributed by atoms with E-state index in [4.69, 9.17) is 16.8 Å². The lowest BCUT2D eigenvalue weighted by molar-refractivity contribution is 0.318. The maximum Gasteiger partial charge on any atom is 0.110 e. The van der Waals surface area contributed by atoms with Crippen LogP contribution in [-0.2, 0) is 6.42 Å². The average Bonchev–Trinajstić information content (AvgIpc) is 2.37. The van der Waals surface area contributed by atoms with Gasteiger partial charge in [-0.2, -0.15) is 0 Å². The number of oxime groups is 1. The van der Waals surface area contributed by atoms with Gasteiger partial charge in [0.05, 0.1) is 5.69 Å². The number of hydrogen-bond donors (Lipinski definition) is 1. The van der Waals surface area contributed by atoms with Gasteiger partial charge in [0.2, 0.25) is 0 Å². The second kappa shape index (κ2) is 5.46. The Morgan fingerprint density at radius 1 is 1.24 bits per heavy atom. The van der Waals surface area contributed by atoms with Crippen molar-refractivity contribution in [3.05, 3.63) is 64.9 Å². The summed E-state index contributed by atoms with van der Waals surface area (Å²) in [7, 11) is 0. The van der Waals surface area contributed by atoms with E-state index in [0.717, 1.165) is 5.56 Å². The SMILES string of the molecule is ON=C(Cc1ccccc1)c1cc(Cl)ccn1. The van der Waals surface area contributed by atoms with E-state index in [-0.39, 0.29) is 0 Å². The fourth-order valence-electron chi connectivity index (χ4n) is 1.53. The topological polar surface area (TPSA) is 45.5 Å². The average molecular weight is 247 g/mol. The second-order valence-electron chi connectivity index (χ2n) is 3.57. The molecule has 0 aliphatic heterocycles. The normalized spacial score (nSPS) is 11.5. The van der Waals surface area contributed by atoms with Gasteiger partial charge in [0.1, 0.15) is 5.71 Å². The van der Waals surface area contributed by atoms with Crippen molar-refractivity contribution in [3.8, 4) is 0 Å². The van der Waals surface area contributed by atoms with Crippen molar-refractivity contribution >= 4 is 17.3 Å². The van der Waals surface area contributed by atoms with Crippen LogP contribution in [0.5, 0.6) is 0 Å². The summed E-state index contributed by atoms with van der Waals surface area (Å²) in [5, 5.41) is 12.9. The molecular formula is C13H11ClN2O. The van der Waals surface area contributed by atoms with Crippen molar-refractivity contribution in [2.24, 2.45) is 5.16 Å². The highest BCUT2D eigenvalue weighted by molar-refractivity contribution is 6.30. The van der Waals surface area contributed by atoms with Gasteiger partial charge in [0.25, 0.3) is 0 Å². The van der Waals surface area contributed by atoms with Gasteiger partial charge < -0.3 is 5.21 Å². The third-order valence-corrected chi connectivity index (χ3v) is 2.59. The minimum atomic E-state index is 0.499. The lowest BCUT2D eigenvalue weighted by atomic mass is 10.1. The van der Waals surface area contributed by atoms with Crippen molar-refractivity contribution in [1.82, 2.24) is 4.98 Å². The Bertz CT molecular complexity index is 526. The van der Waals surface area contributed by atoms with Gasteiger partial charge in [0, 0.05) is 17.6 Å². The minimum absolute atomic E-state index is 0.499. The van der Waals surface area contributed by atoms with Crippen LogP contribution in [0.2, 0.25) is 5.02 Å². The lowest BCUT2D eigenvalue weighted by Crippen LogP contribution is -2.07. The lowest BCUT2D eigenvalue weighted by Gasteiger charge is -2.04. The first-order valence-electron chi connectivity index (χ1n) is 5.16. The van der Waals surface area contributed by atoms with E-state index in [1.165, 1.54) is 0 Å². The van der Waals surface area contributed by atoms with Gasteiger partial charge in [-0.3, -0.25) is 4.98 Å². The minimum Gasteiger partial charge on any atom is -0.411 e. The highest BCUT2D eigenvalue weighted by Crippen LogP contribution is 2.11. The van der Waals surface area contributed by atoms with E-state index in [0.29, 0.717) is 22.8 Å². The molecule has 0 aliphatic carbocycles. The van der Waals surface area contributed by atoms with Crippen molar-refractivity contribution in [2.45, 2.75) is 6.42 Å². The first-order valence-corrected chi connectivity index (χ1v) is 5.54. The van der Waals surface area contributed by atoms with Crippen molar-refractivity contribution < 1.29 is 5.21 Å². The molecule has 0 amide bonds. The summed E-state index contributed by atoms with van der Waals surface area (Å²) >= 11 is 5.87. The number of rotatable bonds is 3. The number of pyridine rings is 1. The van der Waals surface area contributed by atoms with Crippen LogP contribution in [0.15, 0.2) is 53.8 Å². The zero-order valence-electron chi connectivity index (χ0n) is 9.05. The third-order valence-electron chi connectivity index (χ3n) is 2.35. The molecule has 2 rings (SSSR count). The molecule has 1 N–H and O–H groups in total. The molecule has 0 fully saturated rings. The Morgan fingerprint density at radius 2 is 2.00 bits per heavy atom. The third kappa shape index (κ3) is 3.04. The van der Waals surface area contributed by atoms with E-state index in [1.807, 2.05) is 30.3 Å². The quantitative estimate of drug-likeness (QED) is 0.514. The van der Waals surface area contributed by atoms with Crippen LogP contribution in [0.4, 0.5) is 0 Å². The molecule has 0 atom stereocenters. The predicted molar refractivity (Wildman–Crippen MR) is 67.7 cm³/mol. The summed E-state index contributed by atoms with van der Waals surface area (Å²) in [4.78, 5) is 4.13. The van der Waals surface area contributed by atoms with Gasteiger partial charge in [-0.1, -0.05) is 47.1 Å². The standard InChI is InChI=1S/C13H11ClN2O/c14-11-6-7-15-12(9-11)13(16-17)8-10-4-2-1-3-5-10/h1-7,9,17H,8H2. The van der Waals surface area contributed by atoms with Crippen LogP contribution in [0, 0.1) is 0 Å². The molecule has 0 bridgehead atoms. The van der Waals surface area contributed by atoms with Crippen LogP contribution in [0.1, 0.15) is 11.3 Å². The van der Waals surface area contributed by atoms with E-state index < -0.39 is 0 Å². The molecule has 0 saturated carbocycles. The number of hydrogen-bond acceptors (Lipinski definition) is 3. The Kier molecular flexibility index (Phi) is 3.73. The fourth-order valence-corrected chi connectivity index (χ4v) is 1.69. The molecule has 86 valence electrons. The van der Waals surface area contributed by atoms with Crippen LogP contribution < -0.4 is 0 Å². The summed E-state index contributed by atoms with van der Waals surface area (Å²) in [6, 6.07) is 13.1. The molecule has 17 heavy (non-hydrogen) atoms. The van der Waals surface area contributed by atoms with Gasteiger partial charge >= 0.3 is 0 Å². The molecule has 2 aromatic rings. The van der Waals surface area contributed by atoms with Gasteiger partial charge in [-0.05, 0) is 17.7 Å². The van der Waals surface area contributed by atoms with Gasteiger partial charge in [-0.25, -0.2) is 0 Å². The second-order valence-corrected chi connectivity index (χ2v) is 4.00. The molecule has 3 nitrogen and oxygen atoms in total. The largest absolute Gasteiger partial charge is 0.411 e. The summed E-state index contributed by atoms with van der Waals surface area (Å²) < 4.78 is 0. The van der Waals surface area contributed by atoms with Gasteiger partial charge in [-0.15, -0.1) is 0 Å². The Morgan fingerprint density at radius 3 is 2.65 bits per heavy atom. The maximum atomic E-state index is 9.04. The zero-order chi connectivity index (χ0) is 12.1. The zero-order valence-corrected chi connectivity index (χ0v) is 9.80. The molecule has 0 saturated heterocycles. The van der Waals surface area contributed by atoms with E-state index in [9.17, 15) is 0 Å². The molecular weight excluding hydrogens is 236 g/mol. The maximum absolute atomic E-state index is 9.04. The fraction of sp³-hybridized carbons (Fsp3) is 0.0769. The Hall–Kier alpha value is -1.87. The summed E-state index contributed by atoms with van der Waals surface area (Å²) in [6.07, 6.45) is 2.11. The van der Waals surface area contributed by atoms with Crippen LogP contribution in [-0.4, -0.2) is 15.9 Å². The van der Waals surface area contributed by atoms with Crippen LogP contribution in [0.3, 0.4) is 0 Å². The highest BCUT2D eigenvalue weighted by Gasteiger charge is 2.07. The van der Waals surface area contributed by atoms with Crippen LogP contribution >= 0.6 is 11.6 Å². The summed E-state index contributed by atoms with van der Waals surface area (Å²) in [5.74, 6) is 0. The molecule has 0 radical (unpaired) electrons. The summed E-state index contributed by atoms with van der Waals surface area (Å²) in [6.45, 7) is 0. The number of halogens is 1. The molecule has 0 aliphatic rings. The predicted octanol–water partition coefficient (Wildman–Crippen LogP) is 3.16. The Labute approximate surface area is 104 Å². The number of aromatic nitrogens is 1. The first kappa shape index (κ1) is 11.6. The highest BCUT2D eigenvalue weighted by atomic mass is 35.5. The van der Waals surface area contributed by atoms with Crippen LogP contribution in [0.25, 0.3) is 0 Å². The monoisotopic (exact) mass is 246 g/mol. The van der Waals surface area contributed by atoms with E-state index >= 15 is 0 Å². The first-order chi connectivity index (χ1) is 8.29. The smallest absolute Gasteiger partial charge is 0.110 e. The molecule has 0 unspecified atom stereocenters. The number of nitrogens with zero attached hydrogens (tertiary/aromatic N) is 2. The van der Waals surface area contributed by atoms with E-state index in [1.54, 1.807) is 18.3 Å². The van der Waals surface area contributed by atoms with Gasteiger partial charge in [0.15, 0.2) is 0 Å². The van der Waals surface area contributed by atoms with Crippen molar-refractivity contribution in [1.29, 1.82) is 0 Å². The molecule has 1 aromatic heterocycles.